The summed E-state index contributed by atoms with van der Waals surface area (Å²) >= 11 is 0. The second-order valence-electron chi connectivity index (χ2n) is 7.68. The summed E-state index contributed by atoms with van der Waals surface area (Å²) in [7, 11) is 1.58. The zero-order chi connectivity index (χ0) is 22.3. The number of unbranched alkanes of at least 4 members (excludes halogenated alkanes) is 2. The van der Waals surface area contributed by atoms with E-state index in [0.717, 1.165) is 61.4 Å². The molecule has 0 radical (unpaired) electrons. The third-order valence-corrected chi connectivity index (χ3v) is 5.49. The van der Waals surface area contributed by atoms with Gasteiger partial charge in [0, 0.05) is 43.9 Å². The smallest absolute Gasteiger partial charge is 0.212 e. The van der Waals surface area contributed by atoms with E-state index in [-0.39, 0.29) is 12.4 Å². The first-order valence-electron chi connectivity index (χ1n) is 10.9. The molecule has 1 aliphatic heterocycles. The van der Waals surface area contributed by atoms with E-state index in [0.29, 0.717) is 31.3 Å². The van der Waals surface area contributed by atoms with Gasteiger partial charge in [-0.15, -0.1) is 0 Å². The fourth-order valence-corrected chi connectivity index (χ4v) is 3.71. The largest absolute Gasteiger partial charge is 0.481 e. The topological polar surface area (TPSA) is 115 Å². The number of carbonyl (C=O) groups is 1. The Morgan fingerprint density at radius 2 is 2.00 bits per heavy atom. The summed E-state index contributed by atoms with van der Waals surface area (Å²) in [6.07, 6.45) is 6.48. The van der Waals surface area contributed by atoms with Gasteiger partial charge in [0.25, 0.3) is 0 Å². The Hall–Kier alpha value is -3.11. The van der Waals surface area contributed by atoms with E-state index in [4.69, 9.17) is 24.5 Å². The number of aliphatic hydroxyl groups excluding tert-OH is 1. The fourth-order valence-electron chi connectivity index (χ4n) is 3.71. The highest BCUT2D eigenvalue weighted by atomic mass is 16.5. The van der Waals surface area contributed by atoms with Crippen LogP contribution in [-0.4, -0.2) is 75.4 Å². The zero-order valence-electron chi connectivity index (χ0n) is 18.2. The molecule has 10 heteroatoms. The van der Waals surface area contributed by atoms with Gasteiger partial charge in [-0.2, -0.15) is 0 Å². The SMILES string of the molecule is COc1ccc(-c2nc(N3CCOCC3)c3ncn(CCCCCC(=O)CO)c3n2)cn1. The number of hydrogen-bond donors (Lipinski definition) is 1. The van der Waals surface area contributed by atoms with E-state index < -0.39 is 0 Å². The Bertz CT molecular complexity index is 1050. The van der Waals surface area contributed by atoms with Gasteiger partial charge < -0.3 is 24.0 Å². The van der Waals surface area contributed by atoms with Crippen molar-refractivity contribution in [2.75, 3.05) is 44.9 Å². The lowest BCUT2D eigenvalue weighted by Gasteiger charge is -2.28. The maximum Gasteiger partial charge on any atom is 0.212 e. The van der Waals surface area contributed by atoms with Gasteiger partial charge in [0.05, 0.1) is 26.7 Å². The molecule has 0 saturated carbocycles. The number of rotatable bonds is 10. The lowest BCUT2D eigenvalue weighted by Crippen LogP contribution is -2.37. The highest BCUT2D eigenvalue weighted by Crippen LogP contribution is 2.28. The molecule has 0 amide bonds. The predicted molar refractivity (Wildman–Crippen MR) is 119 cm³/mol. The Labute approximate surface area is 186 Å². The Balaban J connectivity index is 1.61. The minimum atomic E-state index is -0.379. The lowest BCUT2D eigenvalue weighted by atomic mass is 10.1. The van der Waals surface area contributed by atoms with Crippen LogP contribution in [0.4, 0.5) is 5.82 Å². The van der Waals surface area contributed by atoms with Crippen molar-refractivity contribution in [3.63, 3.8) is 0 Å². The molecule has 0 unspecified atom stereocenters. The number of aromatic nitrogens is 5. The maximum absolute atomic E-state index is 11.3. The van der Waals surface area contributed by atoms with Gasteiger partial charge in [-0.3, -0.25) is 4.79 Å². The molecule has 1 fully saturated rings. The van der Waals surface area contributed by atoms with E-state index in [1.165, 1.54) is 0 Å². The standard InChI is InChI=1S/C22H28N6O4/c1-31-18-7-6-16(13-23-18)20-25-21(27-9-11-32-12-10-27)19-22(26-20)28(15-24-19)8-4-2-3-5-17(30)14-29/h6-7,13,15,29H,2-5,8-12,14H2,1H3. The molecule has 4 heterocycles. The van der Waals surface area contributed by atoms with E-state index in [9.17, 15) is 4.79 Å². The van der Waals surface area contributed by atoms with Gasteiger partial charge in [0.15, 0.2) is 28.6 Å². The van der Waals surface area contributed by atoms with Gasteiger partial charge >= 0.3 is 0 Å². The van der Waals surface area contributed by atoms with Gasteiger partial charge in [-0.1, -0.05) is 6.42 Å². The maximum atomic E-state index is 11.3. The lowest BCUT2D eigenvalue weighted by molar-refractivity contribution is -0.121. The van der Waals surface area contributed by atoms with Crippen LogP contribution in [0.3, 0.4) is 0 Å². The summed E-state index contributed by atoms with van der Waals surface area (Å²) < 4.78 is 12.7. The number of aryl methyl sites for hydroxylation is 1. The number of aliphatic hydroxyl groups is 1. The van der Waals surface area contributed by atoms with E-state index in [1.807, 2.05) is 10.6 Å². The molecule has 0 aromatic carbocycles. The Morgan fingerprint density at radius 1 is 1.16 bits per heavy atom. The fraction of sp³-hybridized carbons (Fsp3) is 0.500. The third kappa shape index (κ3) is 5.03. The summed E-state index contributed by atoms with van der Waals surface area (Å²) in [6, 6.07) is 3.69. The van der Waals surface area contributed by atoms with Crippen LogP contribution in [0, 0.1) is 0 Å². The molecule has 3 aromatic rings. The number of ether oxygens (including phenoxy) is 2. The Morgan fingerprint density at radius 3 is 2.72 bits per heavy atom. The number of Topliss-reactive ketones (excluding diaryl/α,β-unsaturated/α-hetero) is 1. The molecule has 1 aliphatic rings. The third-order valence-electron chi connectivity index (χ3n) is 5.49. The molecular formula is C22H28N6O4. The second-order valence-corrected chi connectivity index (χ2v) is 7.68. The summed E-state index contributed by atoms with van der Waals surface area (Å²) in [5.41, 5.74) is 2.35. The summed E-state index contributed by atoms with van der Waals surface area (Å²) in [4.78, 5) is 32.0. The number of pyridine rings is 1. The number of methoxy groups -OCH3 is 1. The van der Waals surface area contributed by atoms with Gasteiger partial charge in [-0.25, -0.2) is 19.9 Å². The van der Waals surface area contributed by atoms with Crippen LogP contribution in [0.5, 0.6) is 5.88 Å². The van der Waals surface area contributed by atoms with E-state index in [1.54, 1.807) is 25.7 Å². The van der Waals surface area contributed by atoms with Crippen LogP contribution in [0.2, 0.25) is 0 Å². The minimum Gasteiger partial charge on any atom is -0.481 e. The van der Waals surface area contributed by atoms with Crippen LogP contribution in [-0.2, 0) is 16.1 Å². The van der Waals surface area contributed by atoms with Gasteiger partial charge in [0.1, 0.15) is 6.61 Å². The average Bonchev–Trinajstić information content (AvgIpc) is 3.26. The van der Waals surface area contributed by atoms with Crippen LogP contribution < -0.4 is 9.64 Å². The monoisotopic (exact) mass is 440 g/mol. The number of fused-ring (bicyclic) bond motifs is 1. The second kappa shape index (κ2) is 10.5. The molecular weight excluding hydrogens is 412 g/mol. The summed E-state index contributed by atoms with van der Waals surface area (Å²) in [5.74, 6) is 1.81. The van der Waals surface area contributed by atoms with Gasteiger partial charge in [-0.05, 0) is 18.9 Å². The van der Waals surface area contributed by atoms with Crippen molar-refractivity contribution in [2.24, 2.45) is 0 Å². The van der Waals surface area contributed by atoms with Crippen molar-refractivity contribution in [3.8, 4) is 17.3 Å². The summed E-state index contributed by atoms with van der Waals surface area (Å²) in [5, 5.41) is 8.84. The van der Waals surface area contributed by atoms with Crippen LogP contribution in [0.25, 0.3) is 22.6 Å². The molecule has 1 saturated heterocycles. The number of nitrogens with zero attached hydrogens (tertiary/aromatic N) is 6. The van der Waals surface area contributed by atoms with Crippen molar-refractivity contribution < 1.29 is 19.4 Å². The number of carbonyl (C=O) groups excluding carboxylic acids is 1. The van der Waals surface area contributed by atoms with Crippen LogP contribution >= 0.6 is 0 Å². The number of ketones is 1. The first kappa shape index (κ1) is 22.1. The number of imidazole rings is 1. The molecule has 4 rings (SSSR count). The van der Waals surface area contributed by atoms with Crippen molar-refractivity contribution in [3.05, 3.63) is 24.7 Å². The molecule has 3 aromatic heterocycles. The van der Waals surface area contributed by atoms with Crippen LogP contribution in [0.1, 0.15) is 25.7 Å². The van der Waals surface area contributed by atoms with Crippen molar-refractivity contribution in [1.82, 2.24) is 24.5 Å². The quantitative estimate of drug-likeness (QED) is 0.472. The molecule has 0 spiro atoms. The first-order chi connectivity index (χ1) is 15.7. The molecule has 1 N–H and O–H groups in total. The highest BCUT2D eigenvalue weighted by molar-refractivity contribution is 5.85. The number of anilines is 1. The normalized spacial score (nSPS) is 14.1. The molecule has 0 bridgehead atoms. The highest BCUT2D eigenvalue weighted by Gasteiger charge is 2.21. The number of morpholine rings is 1. The van der Waals surface area contributed by atoms with Crippen molar-refractivity contribution >= 4 is 22.8 Å². The molecule has 10 nitrogen and oxygen atoms in total. The van der Waals surface area contributed by atoms with Crippen molar-refractivity contribution in [2.45, 2.75) is 32.2 Å². The molecule has 170 valence electrons. The Kier molecular flexibility index (Phi) is 7.23. The summed E-state index contributed by atoms with van der Waals surface area (Å²) in [6.45, 7) is 3.16. The van der Waals surface area contributed by atoms with Crippen LogP contribution in [0.15, 0.2) is 24.7 Å². The van der Waals surface area contributed by atoms with E-state index in [2.05, 4.69) is 14.9 Å². The first-order valence-corrected chi connectivity index (χ1v) is 10.9. The van der Waals surface area contributed by atoms with E-state index >= 15 is 0 Å². The molecule has 0 atom stereocenters. The average molecular weight is 441 g/mol. The minimum absolute atomic E-state index is 0.112. The number of hydrogen-bond acceptors (Lipinski definition) is 9. The molecule has 32 heavy (non-hydrogen) atoms. The van der Waals surface area contributed by atoms with Crippen molar-refractivity contribution in [1.29, 1.82) is 0 Å². The van der Waals surface area contributed by atoms with Gasteiger partial charge in [0.2, 0.25) is 5.88 Å². The predicted octanol–water partition coefficient (Wildman–Crippen LogP) is 1.86. The molecule has 0 aliphatic carbocycles. The zero-order valence-corrected chi connectivity index (χ0v) is 18.2.